The number of hydrogen-bond acceptors (Lipinski definition) is 7. The fourth-order valence-electron chi connectivity index (χ4n) is 3.84. The highest BCUT2D eigenvalue weighted by Crippen LogP contribution is 2.28. The predicted octanol–water partition coefficient (Wildman–Crippen LogP) is 3.59. The summed E-state index contributed by atoms with van der Waals surface area (Å²) >= 11 is 1.48. The molecule has 2 amide bonds. The van der Waals surface area contributed by atoms with Gasteiger partial charge in [0.05, 0.1) is 11.4 Å². The van der Waals surface area contributed by atoms with E-state index in [0.717, 1.165) is 43.0 Å². The summed E-state index contributed by atoms with van der Waals surface area (Å²) in [6.07, 6.45) is 2.08. The van der Waals surface area contributed by atoms with Gasteiger partial charge in [-0.15, -0.1) is 0 Å². The quantitative estimate of drug-likeness (QED) is 0.411. The summed E-state index contributed by atoms with van der Waals surface area (Å²) < 4.78 is 5.76. The van der Waals surface area contributed by atoms with E-state index in [2.05, 4.69) is 10.2 Å². The van der Waals surface area contributed by atoms with Crippen LogP contribution in [-0.4, -0.2) is 58.9 Å². The number of nitrogens with one attached hydrogen (secondary N) is 1. The van der Waals surface area contributed by atoms with E-state index in [1.807, 2.05) is 47.4 Å². The van der Waals surface area contributed by atoms with Gasteiger partial charge in [-0.25, -0.2) is 9.97 Å². The highest BCUT2D eigenvalue weighted by Gasteiger charge is 2.25. The van der Waals surface area contributed by atoms with Crippen LogP contribution in [0.3, 0.4) is 0 Å². The fourth-order valence-corrected chi connectivity index (χ4v) is 4.59. The van der Waals surface area contributed by atoms with E-state index in [4.69, 9.17) is 14.4 Å². The number of rotatable bonds is 7. The van der Waals surface area contributed by atoms with Crippen molar-refractivity contribution < 1.29 is 14.0 Å². The highest BCUT2D eigenvalue weighted by atomic mass is 32.2. The molecule has 176 valence electrons. The Hall–Kier alpha value is -3.33. The van der Waals surface area contributed by atoms with Crippen LogP contribution in [0, 0.1) is 0 Å². The topological polar surface area (TPSA) is 91.6 Å². The zero-order valence-corrected chi connectivity index (χ0v) is 19.9. The normalized spacial score (nSPS) is 15.9. The Morgan fingerprint density at radius 1 is 1.06 bits per heavy atom. The van der Waals surface area contributed by atoms with E-state index in [-0.39, 0.29) is 11.8 Å². The number of carbonyl (C=O) groups excluding carboxylic acids is 2. The summed E-state index contributed by atoms with van der Waals surface area (Å²) in [6.45, 7) is 4.43. The summed E-state index contributed by atoms with van der Waals surface area (Å²) in [5.41, 5.74) is 1.87. The maximum absolute atomic E-state index is 12.2. The van der Waals surface area contributed by atoms with Crippen molar-refractivity contribution in [1.82, 2.24) is 20.2 Å². The molecule has 1 aliphatic heterocycles. The molecule has 1 saturated carbocycles. The van der Waals surface area contributed by atoms with E-state index in [9.17, 15) is 9.59 Å². The Labute approximate surface area is 202 Å². The minimum atomic E-state index is -0.159. The summed E-state index contributed by atoms with van der Waals surface area (Å²) in [7, 11) is 0. The first-order valence-corrected chi connectivity index (χ1v) is 12.5. The van der Waals surface area contributed by atoms with Gasteiger partial charge in [0, 0.05) is 50.8 Å². The molecule has 1 N–H and O–H groups in total. The maximum Gasteiger partial charge on any atom is 0.287 e. The molecule has 0 radical (unpaired) electrons. The Morgan fingerprint density at radius 2 is 1.82 bits per heavy atom. The van der Waals surface area contributed by atoms with Crippen LogP contribution < -0.4 is 10.2 Å². The summed E-state index contributed by atoms with van der Waals surface area (Å²) in [4.78, 5) is 37.6. The van der Waals surface area contributed by atoms with E-state index in [1.54, 1.807) is 13.0 Å². The smallest absolute Gasteiger partial charge is 0.287 e. The van der Waals surface area contributed by atoms with Gasteiger partial charge in [-0.05, 0) is 25.0 Å². The molecule has 1 aliphatic carbocycles. The van der Waals surface area contributed by atoms with Crippen LogP contribution >= 0.6 is 11.8 Å². The molecule has 8 nitrogen and oxygen atoms in total. The SMILES string of the molecule is CC(=O)N1CCN(c2cc(-c3ccccc3)nc(SCc3ccc(C(=O)NC4CC4)o3)n2)CC1. The van der Waals surface area contributed by atoms with Gasteiger partial charge in [0.2, 0.25) is 5.91 Å². The average molecular weight is 478 g/mol. The van der Waals surface area contributed by atoms with Crippen molar-refractivity contribution in [2.24, 2.45) is 0 Å². The van der Waals surface area contributed by atoms with Gasteiger partial charge in [-0.1, -0.05) is 42.1 Å². The minimum absolute atomic E-state index is 0.104. The number of benzene rings is 1. The summed E-state index contributed by atoms with van der Waals surface area (Å²) in [5, 5.41) is 3.59. The first-order valence-electron chi connectivity index (χ1n) is 11.5. The number of nitrogens with zero attached hydrogens (tertiary/aromatic N) is 4. The lowest BCUT2D eigenvalue weighted by molar-refractivity contribution is -0.129. The van der Waals surface area contributed by atoms with Crippen molar-refractivity contribution in [1.29, 1.82) is 0 Å². The molecule has 0 bridgehead atoms. The Balaban J connectivity index is 1.33. The number of aromatic nitrogens is 2. The second-order valence-electron chi connectivity index (χ2n) is 8.56. The molecule has 0 unspecified atom stereocenters. The van der Waals surface area contributed by atoms with E-state index >= 15 is 0 Å². The van der Waals surface area contributed by atoms with Crippen LogP contribution in [-0.2, 0) is 10.5 Å². The van der Waals surface area contributed by atoms with Gasteiger partial charge >= 0.3 is 0 Å². The van der Waals surface area contributed by atoms with E-state index in [0.29, 0.717) is 41.6 Å². The molecule has 9 heteroatoms. The highest BCUT2D eigenvalue weighted by molar-refractivity contribution is 7.98. The standard InChI is InChI=1S/C25H27N5O3S/c1-17(31)29-11-13-30(14-12-29)23-15-21(18-5-3-2-4-6-18)27-25(28-23)34-16-20-9-10-22(33-20)24(32)26-19-7-8-19/h2-6,9-10,15,19H,7-8,11-14,16H2,1H3,(H,26,32). The fraction of sp³-hybridized carbons (Fsp3) is 0.360. The summed E-state index contributed by atoms with van der Waals surface area (Å²) in [5.74, 6) is 2.36. The molecule has 2 aromatic heterocycles. The van der Waals surface area contributed by atoms with Crippen molar-refractivity contribution >= 4 is 29.4 Å². The number of piperazine rings is 1. The average Bonchev–Trinajstić information content (AvgIpc) is 3.55. The van der Waals surface area contributed by atoms with E-state index < -0.39 is 0 Å². The van der Waals surface area contributed by atoms with Crippen LogP contribution in [0.2, 0.25) is 0 Å². The molecule has 5 rings (SSSR count). The van der Waals surface area contributed by atoms with Crippen LogP contribution in [0.15, 0.2) is 58.1 Å². The lowest BCUT2D eigenvalue weighted by Crippen LogP contribution is -2.48. The molecular weight excluding hydrogens is 450 g/mol. The van der Waals surface area contributed by atoms with Crippen molar-refractivity contribution in [3.8, 4) is 11.3 Å². The van der Waals surface area contributed by atoms with Crippen LogP contribution in [0.5, 0.6) is 0 Å². The molecule has 34 heavy (non-hydrogen) atoms. The van der Waals surface area contributed by atoms with Crippen molar-refractivity contribution in [2.75, 3.05) is 31.1 Å². The first kappa shape index (κ1) is 22.5. The second kappa shape index (κ2) is 9.89. The van der Waals surface area contributed by atoms with Gasteiger partial charge < -0.3 is 19.5 Å². The molecule has 1 aromatic carbocycles. The molecule has 0 atom stereocenters. The molecule has 3 aromatic rings. The first-order chi connectivity index (χ1) is 16.5. The van der Waals surface area contributed by atoms with Gasteiger partial charge in [-0.3, -0.25) is 9.59 Å². The molecule has 2 aliphatic rings. The zero-order chi connectivity index (χ0) is 23.5. The van der Waals surface area contributed by atoms with Crippen molar-refractivity contribution in [3.63, 3.8) is 0 Å². The Kier molecular flexibility index (Phi) is 6.53. The number of furan rings is 1. The number of anilines is 1. The van der Waals surface area contributed by atoms with Crippen LogP contribution in [0.4, 0.5) is 5.82 Å². The van der Waals surface area contributed by atoms with Gasteiger partial charge in [-0.2, -0.15) is 0 Å². The van der Waals surface area contributed by atoms with E-state index in [1.165, 1.54) is 11.8 Å². The number of thioether (sulfide) groups is 1. The maximum atomic E-state index is 12.2. The summed E-state index contributed by atoms with van der Waals surface area (Å²) in [6, 6.07) is 15.9. The number of hydrogen-bond donors (Lipinski definition) is 1. The predicted molar refractivity (Wildman–Crippen MR) is 131 cm³/mol. The Bertz CT molecular complexity index is 1170. The lowest BCUT2D eigenvalue weighted by atomic mass is 10.1. The van der Waals surface area contributed by atoms with Crippen molar-refractivity contribution in [3.05, 3.63) is 60.1 Å². The number of amides is 2. The second-order valence-corrected chi connectivity index (χ2v) is 9.50. The van der Waals surface area contributed by atoms with Crippen molar-refractivity contribution in [2.45, 2.75) is 36.7 Å². The lowest BCUT2D eigenvalue weighted by Gasteiger charge is -2.35. The zero-order valence-electron chi connectivity index (χ0n) is 19.1. The van der Waals surface area contributed by atoms with Crippen LogP contribution in [0.1, 0.15) is 36.1 Å². The van der Waals surface area contributed by atoms with Gasteiger partial charge in [0.1, 0.15) is 11.6 Å². The van der Waals surface area contributed by atoms with Gasteiger partial charge in [0.15, 0.2) is 10.9 Å². The number of carbonyl (C=O) groups is 2. The van der Waals surface area contributed by atoms with Gasteiger partial charge in [0.25, 0.3) is 5.91 Å². The third kappa shape index (κ3) is 5.41. The molecule has 0 spiro atoms. The minimum Gasteiger partial charge on any atom is -0.455 e. The molecule has 1 saturated heterocycles. The van der Waals surface area contributed by atoms with Crippen LogP contribution in [0.25, 0.3) is 11.3 Å². The third-order valence-corrected chi connectivity index (χ3v) is 6.82. The Morgan fingerprint density at radius 3 is 2.53 bits per heavy atom. The largest absolute Gasteiger partial charge is 0.455 e. The molecular formula is C25H27N5O3S. The monoisotopic (exact) mass is 477 g/mol. The molecule has 2 fully saturated rings. The molecule has 3 heterocycles. The third-order valence-electron chi connectivity index (χ3n) is 5.95.